The lowest BCUT2D eigenvalue weighted by Gasteiger charge is -2.49. The maximum absolute atomic E-state index is 14.3. The molecule has 2 aromatic heterocycles. The molecule has 1 saturated heterocycles. The van der Waals surface area contributed by atoms with Gasteiger partial charge < -0.3 is 4.90 Å². The number of likely N-dealkylation sites (N-methyl/N-ethyl adjacent to an activating group) is 1. The number of piperazine rings is 1. The molecule has 1 amide bonds. The minimum absolute atomic E-state index is 0.0458. The van der Waals surface area contributed by atoms with E-state index in [1.807, 2.05) is 23.8 Å². The quantitative estimate of drug-likeness (QED) is 0.698. The van der Waals surface area contributed by atoms with Gasteiger partial charge in [-0.2, -0.15) is 0 Å². The largest absolute Gasteiger partial charge is 0.354 e. The summed E-state index contributed by atoms with van der Waals surface area (Å²) in [7, 11) is 3.40. The van der Waals surface area contributed by atoms with Crippen molar-refractivity contribution in [2.45, 2.75) is 25.9 Å². The number of nitrogens with zero attached hydrogens (tertiary/aromatic N) is 5. The van der Waals surface area contributed by atoms with Gasteiger partial charge in [0.1, 0.15) is 23.2 Å². The molecule has 0 saturated carbocycles. The van der Waals surface area contributed by atoms with Crippen LogP contribution in [0.5, 0.6) is 0 Å². The molecule has 144 valence electrons. The SMILES string of the molecule is Cc1nc2c(cc1F)c1c(c(=O)n2C)N(CF)C(=O)C2CN(C)C(C)CN12. The highest BCUT2D eigenvalue weighted by atomic mass is 19.1. The minimum Gasteiger partial charge on any atom is -0.354 e. The van der Waals surface area contributed by atoms with Gasteiger partial charge in [-0.3, -0.25) is 24.0 Å². The molecule has 0 aliphatic carbocycles. The van der Waals surface area contributed by atoms with Gasteiger partial charge in [-0.1, -0.05) is 0 Å². The van der Waals surface area contributed by atoms with Crippen LogP contribution in [-0.4, -0.2) is 59.4 Å². The van der Waals surface area contributed by atoms with E-state index in [0.717, 1.165) is 4.90 Å². The molecule has 0 spiro atoms. The molecule has 0 radical (unpaired) electrons. The fraction of sp³-hybridized carbons (Fsp3) is 0.500. The standard InChI is InChI=1S/C18H21F2N5O2/c1-9-6-24-13(7-22(9)3)17(26)25(8-19)15-14(24)11-5-12(20)10(2)21-16(11)23(4)18(15)27/h5,9,13H,6-8H2,1-4H3. The number of hydrogen-bond donors (Lipinski definition) is 0. The van der Waals surface area contributed by atoms with E-state index < -0.39 is 30.1 Å². The van der Waals surface area contributed by atoms with Gasteiger partial charge in [0, 0.05) is 31.6 Å². The van der Waals surface area contributed by atoms with E-state index in [4.69, 9.17) is 0 Å². The third-order valence-corrected chi connectivity index (χ3v) is 5.71. The van der Waals surface area contributed by atoms with Gasteiger partial charge in [0.25, 0.3) is 11.5 Å². The zero-order valence-electron chi connectivity index (χ0n) is 15.7. The Bertz CT molecular complexity index is 1020. The summed E-state index contributed by atoms with van der Waals surface area (Å²) in [5.74, 6) is -0.966. The van der Waals surface area contributed by atoms with Crippen molar-refractivity contribution in [2.24, 2.45) is 7.05 Å². The van der Waals surface area contributed by atoms with Crippen LogP contribution < -0.4 is 15.4 Å². The van der Waals surface area contributed by atoms with Gasteiger partial charge in [0.05, 0.1) is 11.4 Å². The summed E-state index contributed by atoms with van der Waals surface area (Å²) >= 11 is 0. The number of amides is 1. The molecular weight excluding hydrogens is 356 g/mol. The molecule has 2 aromatic rings. The molecule has 1 fully saturated rings. The molecule has 4 rings (SSSR count). The topological polar surface area (TPSA) is 61.7 Å². The first-order valence-corrected chi connectivity index (χ1v) is 8.80. The maximum Gasteiger partial charge on any atom is 0.278 e. The number of fused-ring (bicyclic) bond motifs is 5. The predicted molar refractivity (Wildman–Crippen MR) is 98.4 cm³/mol. The van der Waals surface area contributed by atoms with Gasteiger partial charge in [-0.05, 0) is 27.0 Å². The number of aromatic nitrogens is 2. The van der Waals surface area contributed by atoms with Crippen molar-refractivity contribution in [2.75, 3.05) is 36.7 Å². The van der Waals surface area contributed by atoms with Gasteiger partial charge in [0.15, 0.2) is 6.80 Å². The molecule has 27 heavy (non-hydrogen) atoms. The highest BCUT2D eigenvalue weighted by Crippen LogP contribution is 2.40. The number of hydrogen-bond acceptors (Lipinski definition) is 5. The van der Waals surface area contributed by atoms with Crippen LogP contribution >= 0.6 is 0 Å². The number of alkyl halides is 1. The summed E-state index contributed by atoms with van der Waals surface area (Å²) in [5, 5.41) is 0.405. The van der Waals surface area contributed by atoms with E-state index in [0.29, 0.717) is 29.8 Å². The van der Waals surface area contributed by atoms with E-state index in [9.17, 15) is 18.4 Å². The summed E-state index contributed by atoms with van der Waals surface area (Å²) in [6, 6.07) is 0.803. The number of anilines is 2. The summed E-state index contributed by atoms with van der Waals surface area (Å²) < 4.78 is 29.4. The normalized spacial score (nSPS) is 23.0. The Morgan fingerprint density at radius 2 is 1.93 bits per heavy atom. The number of carbonyl (C=O) groups excluding carboxylic acids is 1. The second kappa shape index (κ2) is 5.98. The van der Waals surface area contributed by atoms with Crippen molar-refractivity contribution in [3.63, 3.8) is 0 Å². The molecule has 2 aliphatic heterocycles. The predicted octanol–water partition coefficient (Wildman–Crippen LogP) is 1.16. The number of aryl methyl sites for hydroxylation is 2. The lowest BCUT2D eigenvalue weighted by atomic mass is 9.99. The Morgan fingerprint density at radius 3 is 2.59 bits per heavy atom. The van der Waals surface area contributed by atoms with Crippen molar-refractivity contribution >= 4 is 28.3 Å². The van der Waals surface area contributed by atoms with Crippen molar-refractivity contribution < 1.29 is 13.6 Å². The van der Waals surface area contributed by atoms with E-state index in [-0.39, 0.29) is 17.4 Å². The van der Waals surface area contributed by atoms with Crippen molar-refractivity contribution in [3.8, 4) is 0 Å². The third-order valence-electron chi connectivity index (χ3n) is 5.71. The summed E-state index contributed by atoms with van der Waals surface area (Å²) in [5.41, 5.74) is 0.315. The van der Waals surface area contributed by atoms with Crippen LogP contribution in [0.1, 0.15) is 12.6 Å². The zero-order chi connectivity index (χ0) is 19.6. The fourth-order valence-corrected chi connectivity index (χ4v) is 3.99. The van der Waals surface area contributed by atoms with Crippen LogP contribution in [0.4, 0.5) is 20.2 Å². The van der Waals surface area contributed by atoms with Crippen LogP contribution in [0.2, 0.25) is 0 Å². The van der Waals surface area contributed by atoms with Crippen LogP contribution in [0, 0.1) is 12.7 Å². The Kier molecular flexibility index (Phi) is 3.95. The maximum atomic E-state index is 14.3. The molecule has 2 aliphatic rings. The van der Waals surface area contributed by atoms with Gasteiger partial charge in [-0.15, -0.1) is 0 Å². The molecule has 4 heterocycles. The van der Waals surface area contributed by atoms with E-state index >= 15 is 0 Å². The highest BCUT2D eigenvalue weighted by molar-refractivity contribution is 6.11. The zero-order valence-corrected chi connectivity index (χ0v) is 15.7. The average molecular weight is 377 g/mol. The Morgan fingerprint density at radius 1 is 1.22 bits per heavy atom. The van der Waals surface area contributed by atoms with Crippen LogP contribution in [-0.2, 0) is 11.8 Å². The van der Waals surface area contributed by atoms with E-state index in [1.54, 1.807) is 0 Å². The molecule has 7 nitrogen and oxygen atoms in total. The first-order chi connectivity index (χ1) is 12.8. The number of carbonyl (C=O) groups is 1. The van der Waals surface area contributed by atoms with Gasteiger partial charge >= 0.3 is 0 Å². The van der Waals surface area contributed by atoms with Crippen molar-refractivity contribution in [1.82, 2.24) is 14.5 Å². The second-order valence-corrected chi connectivity index (χ2v) is 7.33. The molecule has 2 unspecified atom stereocenters. The number of pyridine rings is 2. The minimum atomic E-state index is -1.11. The Balaban J connectivity index is 2.11. The molecule has 2 atom stereocenters. The monoisotopic (exact) mass is 377 g/mol. The molecule has 0 N–H and O–H groups in total. The average Bonchev–Trinajstić information content (AvgIpc) is 2.63. The second-order valence-electron chi connectivity index (χ2n) is 7.33. The van der Waals surface area contributed by atoms with Gasteiger partial charge in [-0.25, -0.2) is 13.8 Å². The first-order valence-electron chi connectivity index (χ1n) is 8.80. The number of rotatable bonds is 1. The molecule has 0 bridgehead atoms. The summed E-state index contributed by atoms with van der Waals surface area (Å²) in [6.45, 7) is 3.29. The molecule has 9 heteroatoms. The lowest BCUT2D eigenvalue weighted by molar-refractivity contribution is -0.121. The first kappa shape index (κ1) is 17.8. The van der Waals surface area contributed by atoms with E-state index in [1.165, 1.54) is 24.6 Å². The van der Waals surface area contributed by atoms with E-state index in [2.05, 4.69) is 4.98 Å². The lowest BCUT2D eigenvalue weighted by Crippen LogP contribution is -2.65. The van der Waals surface area contributed by atoms with Crippen LogP contribution in [0.15, 0.2) is 10.9 Å². The van der Waals surface area contributed by atoms with Crippen molar-refractivity contribution in [1.29, 1.82) is 0 Å². The van der Waals surface area contributed by atoms with Crippen LogP contribution in [0.25, 0.3) is 11.0 Å². The van der Waals surface area contributed by atoms with Gasteiger partial charge in [0.2, 0.25) is 0 Å². The molecular formula is C18H21F2N5O2. The third kappa shape index (κ3) is 2.37. The van der Waals surface area contributed by atoms with Crippen LogP contribution in [0.3, 0.4) is 0 Å². The molecule has 0 aromatic carbocycles. The Hall–Kier alpha value is -2.55. The van der Waals surface area contributed by atoms with Crippen molar-refractivity contribution in [3.05, 3.63) is 27.9 Å². The summed E-state index contributed by atoms with van der Waals surface area (Å²) in [4.78, 5) is 34.8. The fourth-order valence-electron chi connectivity index (χ4n) is 3.99. The number of halogens is 2. The summed E-state index contributed by atoms with van der Waals surface area (Å²) in [6.07, 6.45) is 0. The smallest absolute Gasteiger partial charge is 0.278 e. The highest BCUT2D eigenvalue weighted by Gasteiger charge is 2.45. The Labute approximate surface area is 154 Å².